The van der Waals surface area contributed by atoms with Gasteiger partial charge < -0.3 is 15.4 Å². The third-order valence-electron chi connectivity index (χ3n) is 2.08. The van der Waals surface area contributed by atoms with Crippen LogP contribution in [0.25, 0.3) is 11.6 Å². The lowest BCUT2D eigenvalue weighted by molar-refractivity contribution is 0.293. The maximum atomic E-state index is 8.72. The van der Waals surface area contributed by atoms with Gasteiger partial charge in [0, 0.05) is 19.2 Å². The first-order valence-electron chi connectivity index (χ1n) is 4.92. The molecule has 0 radical (unpaired) electrons. The smallest absolute Gasteiger partial charge is 0.276 e. The molecule has 0 atom stereocenters. The third kappa shape index (κ3) is 2.23. The van der Waals surface area contributed by atoms with E-state index in [2.05, 4.69) is 15.1 Å². The van der Waals surface area contributed by atoms with Gasteiger partial charge in [0.2, 0.25) is 0 Å². The van der Waals surface area contributed by atoms with E-state index < -0.39 is 0 Å². The lowest BCUT2D eigenvalue weighted by Gasteiger charge is -1.96. The number of hydrogen-bond donors (Lipinski definition) is 2. The van der Waals surface area contributed by atoms with E-state index in [0.717, 1.165) is 5.56 Å². The quantitative estimate of drug-likeness (QED) is 0.759. The van der Waals surface area contributed by atoms with Crippen molar-refractivity contribution in [3.63, 3.8) is 0 Å². The summed E-state index contributed by atoms with van der Waals surface area (Å²) in [5.74, 6) is 0.828. The Labute approximate surface area is 92.1 Å². The van der Waals surface area contributed by atoms with Crippen LogP contribution < -0.4 is 5.73 Å². The molecule has 0 aliphatic rings. The third-order valence-corrected chi connectivity index (χ3v) is 2.08. The predicted octanol–water partition coefficient (Wildman–Crippen LogP) is 0.125. The van der Waals surface area contributed by atoms with Crippen molar-refractivity contribution in [2.75, 3.05) is 6.61 Å². The minimum Gasteiger partial charge on any atom is -0.396 e. The second-order valence-electron chi connectivity index (χ2n) is 3.25. The topological polar surface area (TPSA) is 98.1 Å². The minimum atomic E-state index is -0.00147. The van der Waals surface area contributed by atoms with Crippen LogP contribution >= 0.6 is 0 Å². The molecule has 3 N–H and O–H groups in total. The highest BCUT2D eigenvalue weighted by molar-refractivity contribution is 5.46. The zero-order chi connectivity index (χ0) is 11.4. The lowest BCUT2D eigenvalue weighted by atomic mass is 10.2. The van der Waals surface area contributed by atoms with Crippen molar-refractivity contribution in [2.45, 2.75) is 13.0 Å². The zero-order valence-electron chi connectivity index (χ0n) is 8.63. The monoisotopic (exact) mass is 220 g/mol. The van der Waals surface area contributed by atoms with Crippen LogP contribution in [0.2, 0.25) is 0 Å². The molecular weight excluding hydrogens is 208 g/mol. The molecule has 0 aromatic carbocycles. The fourth-order valence-corrected chi connectivity index (χ4v) is 1.23. The highest BCUT2D eigenvalue weighted by Crippen LogP contribution is 2.14. The van der Waals surface area contributed by atoms with E-state index in [9.17, 15) is 0 Å². The van der Waals surface area contributed by atoms with Crippen molar-refractivity contribution in [3.05, 3.63) is 29.7 Å². The van der Waals surface area contributed by atoms with Crippen molar-refractivity contribution in [1.82, 2.24) is 15.1 Å². The van der Waals surface area contributed by atoms with Gasteiger partial charge in [0.25, 0.3) is 5.89 Å². The van der Waals surface area contributed by atoms with Crippen LogP contribution in [0.3, 0.4) is 0 Å². The summed E-state index contributed by atoms with van der Waals surface area (Å²) in [6, 6.07) is 3.64. The van der Waals surface area contributed by atoms with Crippen LogP contribution in [0.1, 0.15) is 11.4 Å². The average Bonchev–Trinajstić information content (AvgIpc) is 2.78. The molecule has 6 nitrogen and oxygen atoms in total. The van der Waals surface area contributed by atoms with Gasteiger partial charge in [-0.1, -0.05) is 11.2 Å². The molecule has 0 saturated heterocycles. The molecular formula is C10H12N4O2. The van der Waals surface area contributed by atoms with Gasteiger partial charge in [-0.3, -0.25) is 4.98 Å². The highest BCUT2D eigenvalue weighted by atomic mass is 16.5. The van der Waals surface area contributed by atoms with Gasteiger partial charge in [0.05, 0.1) is 6.61 Å². The first-order chi connectivity index (χ1) is 7.83. The summed E-state index contributed by atoms with van der Waals surface area (Å²) >= 11 is 0. The second-order valence-corrected chi connectivity index (χ2v) is 3.25. The van der Waals surface area contributed by atoms with Crippen LogP contribution in [0.15, 0.2) is 22.9 Å². The van der Waals surface area contributed by atoms with E-state index in [1.807, 2.05) is 6.07 Å². The molecule has 2 rings (SSSR count). The fraction of sp³-hybridized carbons (Fsp3) is 0.300. The van der Waals surface area contributed by atoms with Gasteiger partial charge >= 0.3 is 0 Å². The molecule has 16 heavy (non-hydrogen) atoms. The molecule has 2 aromatic rings. The maximum Gasteiger partial charge on any atom is 0.276 e. The SMILES string of the molecule is NCc1ccc(-c2nc(CCO)no2)nc1. The number of aromatic nitrogens is 3. The summed E-state index contributed by atoms with van der Waals surface area (Å²) in [5, 5.41) is 12.4. The Morgan fingerprint density at radius 3 is 2.88 bits per heavy atom. The van der Waals surface area contributed by atoms with Crippen LogP contribution in [0, 0.1) is 0 Å². The van der Waals surface area contributed by atoms with Gasteiger partial charge in [-0.15, -0.1) is 0 Å². The summed E-state index contributed by atoms with van der Waals surface area (Å²) in [7, 11) is 0. The summed E-state index contributed by atoms with van der Waals surface area (Å²) in [4.78, 5) is 8.25. The van der Waals surface area contributed by atoms with Crippen molar-refractivity contribution >= 4 is 0 Å². The number of aliphatic hydroxyl groups is 1. The number of hydrogen-bond acceptors (Lipinski definition) is 6. The van der Waals surface area contributed by atoms with Crippen molar-refractivity contribution in [2.24, 2.45) is 5.73 Å². The summed E-state index contributed by atoms with van der Waals surface area (Å²) in [6.07, 6.45) is 2.05. The molecule has 0 aliphatic heterocycles. The normalized spacial score (nSPS) is 10.6. The first-order valence-corrected chi connectivity index (χ1v) is 4.92. The van der Waals surface area contributed by atoms with Gasteiger partial charge in [-0.25, -0.2) is 0 Å². The van der Waals surface area contributed by atoms with Crippen LogP contribution in [-0.4, -0.2) is 26.8 Å². The van der Waals surface area contributed by atoms with E-state index in [1.165, 1.54) is 0 Å². The summed E-state index contributed by atoms with van der Waals surface area (Å²) in [6.45, 7) is 0.450. The predicted molar refractivity (Wildman–Crippen MR) is 56.2 cm³/mol. The summed E-state index contributed by atoms with van der Waals surface area (Å²) < 4.78 is 5.01. The van der Waals surface area contributed by atoms with Gasteiger partial charge in [0.15, 0.2) is 5.82 Å². The minimum absolute atomic E-state index is 0.00147. The van der Waals surface area contributed by atoms with Crippen molar-refractivity contribution < 1.29 is 9.63 Å². The Morgan fingerprint density at radius 2 is 2.25 bits per heavy atom. The van der Waals surface area contributed by atoms with Crippen LogP contribution in [-0.2, 0) is 13.0 Å². The summed E-state index contributed by atoms with van der Waals surface area (Å²) in [5.41, 5.74) is 7.01. The fourth-order valence-electron chi connectivity index (χ4n) is 1.23. The number of nitrogens with zero attached hydrogens (tertiary/aromatic N) is 3. The Hall–Kier alpha value is -1.79. The first kappa shape index (κ1) is 10.7. The van der Waals surface area contributed by atoms with Crippen molar-refractivity contribution in [3.8, 4) is 11.6 Å². The van der Waals surface area contributed by atoms with Crippen LogP contribution in [0.5, 0.6) is 0 Å². The molecule has 84 valence electrons. The molecule has 0 bridgehead atoms. The Bertz CT molecular complexity index is 452. The number of aliphatic hydroxyl groups excluding tert-OH is 1. The molecule has 0 aliphatic carbocycles. The molecule has 0 fully saturated rings. The molecule has 2 aromatic heterocycles. The average molecular weight is 220 g/mol. The van der Waals surface area contributed by atoms with E-state index in [-0.39, 0.29) is 6.61 Å². The Morgan fingerprint density at radius 1 is 1.38 bits per heavy atom. The van der Waals surface area contributed by atoms with E-state index in [4.69, 9.17) is 15.4 Å². The number of nitrogens with two attached hydrogens (primary N) is 1. The molecule has 0 unspecified atom stereocenters. The highest BCUT2D eigenvalue weighted by Gasteiger charge is 2.09. The molecule has 6 heteroatoms. The van der Waals surface area contributed by atoms with E-state index >= 15 is 0 Å². The Kier molecular flexibility index (Phi) is 3.23. The largest absolute Gasteiger partial charge is 0.396 e. The maximum absolute atomic E-state index is 8.72. The number of pyridine rings is 1. The lowest BCUT2D eigenvalue weighted by Crippen LogP contribution is -1.97. The molecule has 0 saturated carbocycles. The second kappa shape index (κ2) is 4.82. The molecule has 2 heterocycles. The van der Waals surface area contributed by atoms with Gasteiger partial charge in [0.1, 0.15) is 5.69 Å². The zero-order valence-corrected chi connectivity index (χ0v) is 8.63. The van der Waals surface area contributed by atoms with Crippen molar-refractivity contribution in [1.29, 1.82) is 0 Å². The standard InChI is InChI=1S/C10H12N4O2/c11-5-7-1-2-8(12-6-7)10-13-9(3-4-15)14-16-10/h1-2,6,15H,3-5,11H2. The van der Waals surface area contributed by atoms with E-state index in [1.54, 1.807) is 12.3 Å². The van der Waals surface area contributed by atoms with Crippen LogP contribution in [0.4, 0.5) is 0 Å². The Balaban J connectivity index is 2.21. The van der Waals surface area contributed by atoms with Gasteiger partial charge in [-0.05, 0) is 11.6 Å². The van der Waals surface area contributed by atoms with Gasteiger partial charge in [-0.2, -0.15) is 4.98 Å². The molecule has 0 spiro atoms. The van der Waals surface area contributed by atoms with E-state index in [0.29, 0.717) is 30.4 Å². The number of rotatable bonds is 4. The molecule has 0 amide bonds.